The maximum absolute atomic E-state index is 12.0. The molecule has 0 bridgehead atoms. The first-order chi connectivity index (χ1) is 8.19. The zero-order chi connectivity index (χ0) is 12.7. The van der Waals surface area contributed by atoms with Crippen molar-refractivity contribution in [3.05, 3.63) is 0 Å². The van der Waals surface area contributed by atoms with Crippen molar-refractivity contribution >= 4 is 5.91 Å². The van der Waals surface area contributed by atoms with E-state index in [9.17, 15) is 4.79 Å². The molecule has 1 aliphatic rings. The van der Waals surface area contributed by atoms with E-state index >= 15 is 0 Å². The number of carbonyl (C=O) groups excluding carboxylic acids is 1. The molecule has 1 aliphatic heterocycles. The number of carbonyl (C=O) groups is 1. The lowest BCUT2D eigenvalue weighted by molar-refractivity contribution is -0.126. The molecule has 0 aromatic rings. The monoisotopic (exact) mass is 241 g/mol. The summed E-state index contributed by atoms with van der Waals surface area (Å²) in [6, 6.07) is 0.317. The predicted molar refractivity (Wildman–Crippen MR) is 71.0 cm³/mol. The molecule has 0 aliphatic carbocycles. The molecule has 4 heteroatoms. The van der Waals surface area contributed by atoms with Crippen LogP contribution in [0, 0.1) is 5.92 Å². The van der Waals surface area contributed by atoms with Crippen molar-refractivity contribution in [2.45, 2.75) is 39.7 Å². The number of amides is 1. The predicted octanol–water partition coefficient (Wildman–Crippen LogP) is 0.833. The van der Waals surface area contributed by atoms with Crippen LogP contribution in [0.5, 0.6) is 0 Å². The van der Waals surface area contributed by atoms with Crippen molar-refractivity contribution in [3.63, 3.8) is 0 Å². The van der Waals surface area contributed by atoms with Crippen LogP contribution in [-0.2, 0) is 4.79 Å². The average molecular weight is 241 g/mol. The molecular formula is C13H27N3O. The van der Waals surface area contributed by atoms with E-state index < -0.39 is 0 Å². The first-order valence-corrected chi connectivity index (χ1v) is 6.92. The van der Waals surface area contributed by atoms with Gasteiger partial charge in [0.05, 0.1) is 5.92 Å². The maximum atomic E-state index is 12.0. The first kappa shape index (κ1) is 14.5. The molecule has 17 heavy (non-hydrogen) atoms. The van der Waals surface area contributed by atoms with Crippen LogP contribution in [0.4, 0.5) is 0 Å². The Balaban J connectivity index is 2.24. The van der Waals surface area contributed by atoms with Crippen LogP contribution in [0.25, 0.3) is 0 Å². The molecule has 4 nitrogen and oxygen atoms in total. The Bertz CT molecular complexity index is 229. The smallest absolute Gasteiger partial charge is 0.224 e. The van der Waals surface area contributed by atoms with Crippen LogP contribution in [0.1, 0.15) is 33.6 Å². The molecule has 0 aromatic carbocycles. The lowest BCUT2D eigenvalue weighted by atomic mass is 9.91. The third-order valence-corrected chi connectivity index (χ3v) is 3.72. The molecule has 0 radical (unpaired) electrons. The Labute approximate surface area is 105 Å². The lowest BCUT2D eigenvalue weighted by Crippen LogP contribution is -2.47. The number of hydrogen-bond acceptors (Lipinski definition) is 3. The van der Waals surface area contributed by atoms with Crippen molar-refractivity contribution in [2.75, 3.05) is 32.7 Å². The zero-order valence-electron chi connectivity index (χ0n) is 11.5. The molecule has 0 saturated carbocycles. The van der Waals surface area contributed by atoms with Crippen molar-refractivity contribution in [1.82, 2.24) is 15.5 Å². The van der Waals surface area contributed by atoms with Crippen LogP contribution in [0.2, 0.25) is 0 Å². The van der Waals surface area contributed by atoms with Crippen LogP contribution < -0.4 is 10.6 Å². The summed E-state index contributed by atoms with van der Waals surface area (Å²) in [6.45, 7) is 11.3. The molecule has 2 N–H and O–H groups in total. The van der Waals surface area contributed by atoms with E-state index in [1.165, 1.54) is 0 Å². The highest BCUT2D eigenvalue weighted by molar-refractivity contribution is 5.79. The largest absolute Gasteiger partial charge is 0.355 e. The van der Waals surface area contributed by atoms with Gasteiger partial charge in [0.2, 0.25) is 5.91 Å². The molecule has 0 unspecified atom stereocenters. The number of piperidine rings is 1. The first-order valence-electron chi connectivity index (χ1n) is 6.92. The van der Waals surface area contributed by atoms with Gasteiger partial charge in [-0.15, -0.1) is 0 Å². The molecule has 1 saturated heterocycles. The van der Waals surface area contributed by atoms with E-state index in [1.807, 2.05) is 0 Å². The standard InChI is InChI=1S/C13H27N3O/c1-4-16(5-2)10-9-15-13(17)12-7-6-8-14-11(12)3/h11-12,14H,4-10H2,1-3H3,(H,15,17)/t11-,12-/m1/s1. The summed E-state index contributed by atoms with van der Waals surface area (Å²) < 4.78 is 0. The van der Waals surface area contributed by atoms with Gasteiger partial charge in [0, 0.05) is 19.1 Å². The Kier molecular flexibility index (Phi) is 6.52. The number of nitrogens with one attached hydrogen (secondary N) is 2. The molecule has 1 rings (SSSR count). The van der Waals surface area contributed by atoms with Crippen molar-refractivity contribution in [1.29, 1.82) is 0 Å². The second-order valence-electron chi connectivity index (χ2n) is 4.81. The topological polar surface area (TPSA) is 44.4 Å². The molecule has 1 fully saturated rings. The summed E-state index contributed by atoms with van der Waals surface area (Å²) in [6.07, 6.45) is 2.13. The number of likely N-dealkylation sites (N-methyl/N-ethyl adjacent to an activating group) is 1. The van der Waals surface area contributed by atoms with E-state index in [4.69, 9.17) is 0 Å². The zero-order valence-corrected chi connectivity index (χ0v) is 11.5. The van der Waals surface area contributed by atoms with E-state index in [0.717, 1.165) is 45.6 Å². The van der Waals surface area contributed by atoms with Crippen molar-refractivity contribution < 1.29 is 4.79 Å². The molecule has 0 spiro atoms. The SMILES string of the molecule is CCN(CC)CCNC(=O)[C@@H]1CCCN[C@@H]1C. The normalized spacial score (nSPS) is 24.9. The second-order valence-corrected chi connectivity index (χ2v) is 4.81. The van der Waals surface area contributed by atoms with Gasteiger partial charge in [-0.25, -0.2) is 0 Å². The van der Waals surface area contributed by atoms with Gasteiger partial charge in [0.1, 0.15) is 0 Å². The minimum atomic E-state index is 0.153. The van der Waals surface area contributed by atoms with Gasteiger partial charge in [0.25, 0.3) is 0 Å². The fraction of sp³-hybridized carbons (Fsp3) is 0.923. The quantitative estimate of drug-likeness (QED) is 0.724. The summed E-state index contributed by atoms with van der Waals surface area (Å²) >= 11 is 0. The number of nitrogens with zero attached hydrogens (tertiary/aromatic N) is 1. The van der Waals surface area contributed by atoms with Crippen molar-refractivity contribution in [2.24, 2.45) is 5.92 Å². The summed E-state index contributed by atoms with van der Waals surface area (Å²) in [5.74, 6) is 0.373. The van der Waals surface area contributed by atoms with Gasteiger partial charge in [-0.2, -0.15) is 0 Å². The van der Waals surface area contributed by atoms with Gasteiger partial charge in [-0.05, 0) is 39.4 Å². The van der Waals surface area contributed by atoms with Gasteiger partial charge in [-0.1, -0.05) is 13.8 Å². The highest BCUT2D eigenvalue weighted by Gasteiger charge is 2.26. The van der Waals surface area contributed by atoms with Crippen molar-refractivity contribution in [3.8, 4) is 0 Å². The summed E-state index contributed by atoms with van der Waals surface area (Å²) in [5, 5.41) is 6.42. The van der Waals surface area contributed by atoms with Gasteiger partial charge >= 0.3 is 0 Å². The summed E-state index contributed by atoms with van der Waals surface area (Å²) in [4.78, 5) is 14.3. The Morgan fingerprint density at radius 1 is 1.41 bits per heavy atom. The minimum Gasteiger partial charge on any atom is -0.355 e. The third-order valence-electron chi connectivity index (χ3n) is 3.72. The molecular weight excluding hydrogens is 214 g/mol. The molecule has 1 amide bonds. The average Bonchev–Trinajstić information content (AvgIpc) is 2.35. The van der Waals surface area contributed by atoms with E-state index in [1.54, 1.807) is 0 Å². The highest BCUT2D eigenvalue weighted by Crippen LogP contribution is 2.15. The van der Waals surface area contributed by atoms with Gasteiger partial charge < -0.3 is 15.5 Å². The molecule has 100 valence electrons. The minimum absolute atomic E-state index is 0.153. The van der Waals surface area contributed by atoms with Crippen LogP contribution in [0.15, 0.2) is 0 Å². The van der Waals surface area contributed by atoms with Crippen LogP contribution in [-0.4, -0.2) is 49.6 Å². The number of rotatable bonds is 6. The number of hydrogen-bond donors (Lipinski definition) is 2. The van der Waals surface area contributed by atoms with Gasteiger partial charge in [-0.3, -0.25) is 4.79 Å². The van der Waals surface area contributed by atoms with E-state index in [-0.39, 0.29) is 11.8 Å². The Hall–Kier alpha value is -0.610. The molecule has 1 heterocycles. The Morgan fingerprint density at radius 3 is 2.71 bits per heavy atom. The van der Waals surface area contributed by atoms with Crippen LogP contribution in [0.3, 0.4) is 0 Å². The highest BCUT2D eigenvalue weighted by atomic mass is 16.1. The summed E-state index contributed by atoms with van der Waals surface area (Å²) in [5.41, 5.74) is 0. The maximum Gasteiger partial charge on any atom is 0.224 e. The Morgan fingerprint density at radius 2 is 2.12 bits per heavy atom. The molecule has 0 aromatic heterocycles. The lowest BCUT2D eigenvalue weighted by Gasteiger charge is -2.29. The van der Waals surface area contributed by atoms with E-state index in [2.05, 4.69) is 36.3 Å². The second kappa shape index (κ2) is 7.67. The van der Waals surface area contributed by atoms with Crippen LogP contribution >= 0.6 is 0 Å². The fourth-order valence-electron chi connectivity index (χ4n) is 2.41. The summed E-state index contributed by atoms with van der Waals surface area (Å²) in [7, 11) is 0. The third kappa shape index (κ3) is 4.64. The fourth-order valence-corrected chi connectivity index (χ4v) is 2.41. The van der Waals surface area contributed by atoms with E-state index in [0.29, 0.717) is 6.04 Å². The molecule has 2 atom stereocenters. The van der Waals surface area contributed by atoms with Gasteiger partial charge in [0.15, 0.2) is 0 Å².